The van der Waals surface area contributed by atoms with E-state index in [9.17, 15) is 18.8 Å². The minimum absolute atomic E-state index is 0.0299. The minimum atomic E-state index is -1.14. The van der Waals surface area contributed by atoms with Crippen molar-refractivity contribution in [2.24, 2.45) is 5.73 Å². The first-order chi connectivity index (χ1) is 15.4. The normalized spacial score (nSPS) is 18.1. The Hall–Kier alpha value is -3.68. The van der Waals surface area contributed by atoms with Crippen molar-refractivity contribution in [3.8, 4) is 0 Å². The van der Waals surface area contributed by atoms with Gasteiger partial charge in [0.1, 0.15) is 12.0 Å². The van der Waals surface area contributed by atoms with E-state index in [0.717, 1.165) is 5.56 Å². The van der Waals surface area contributed by atoms with Crippen molar-refractivity contribution in [1.29, 1.82) is 0 Å². The highest BCUT2D eigenvalue weighted by molar-refractivity contribution is 6.04. The predicted molar refractivity (Wildman–Crippen MR) is 120 cm³/mol. The van der Waals surface area contributed by atoms with Crippen LogP contribution in [0.2, 0.25) is 0 Å². The van der Waals surface area contributed by atoms with Crippen LogP contribution in [0.25, 0.3) is 10.9 Å². The van der Waals surface area contributed by atoms with E-state index in [-0.39, 0.29) is 31.2 Å². The molecule has 0 bridgehead atoms. The Balaban J connectivity index is 1.43. The first kappa shape index (κ1) is 21.5. The summed E-state index contributed by atoms with van der Waals surface area (Å²) >= 11 is 0. The van der Waals surface area contributed by atoms with Crippen molar-refractivity contribution >= 4 is 34.4 Å². The average molecular weight is 436 g/mol. The summed E-state index contributed by atoms with van der Waals surface area (Å²) < 4.78 is 15.4. The quantitative estimate of drug-likeness (QED) is 0.609. The summed E-state index contributed by atoms with van der Waals surface area (Å²) in [5.74, 6) is 0.0587. The minimum Gasteiger partial charge on any atom is -0.351 e. The third-order valence-corrected chi connectivity index (χ3v) is 5.82. The number of aromatic nitrogens is 1. The van der Waals surface area contributed by atoms with Crippen LogP contribution in [0, 0.1) is 0 Å². The van der Waals surface area contributed by atoms with Gasteiger partial charge in [0.05, 0.1) is 17.7 Å². The lowest BCUT2D eigenvalue weighted by Crippen LogP contribution is -2.39. The van der Waals surface area contributed by atoms with E-state index in [2.05, 4.69) is 5.32 Å². The summed E-state index contributed by atoms with van der Waals surface area (Å²) in [5.41, 5.74) is 7.36. The zero-order chi connectivity index (χ0) is 22.7. The van der Waals surface area contributed by atoms with E-state index in [0.29, 0.717) is 29.4 Å². The molecule has 2 aromatic carbocycles. The third-order valence-electron chi connectivity index (χ3n) is 5.82. The van der Waals surface area contributed by atoms with E-state index < -0.39 is 18.2 Å². The van der Waals surface area contributed by atoms with Gasteiger partial charge in [-0.15, -0.1) is 0 Å². The lowest BCUT2D eigenvalue weighted by Gasteiger charge is -2.24. The van der Waals surface area contributed by atoms with Gasteiger partial charge in [0.15, 0.2) is 0 Å². The molecule has 0 radical (unpaired) electrons. The topological polar surface area (TPSA) is 97.4 Å². The van der Waals surface area contributed by atoms with Gasteiger partial charge in [0.25, 0.3) is 0 Å². The van der Waals surface area contributed by atoms with Crippen LogP contribution in [-0.4, -0.2) is 46.1 Å². The number of amides is 3. The van der Waals surface area contributed by atoms with Gasteiger partial charge >= 0.3 is 12.1 Å². The molecule has 0 aliphatic carbocycles. The number of hydrogen-bond acceptors (Lipinski definition) is 3. The standard InChI is InChI=1S/C24H25FN4O3/c25-17-13-18(10-11-19(30)12-16-6-2-1-3-7-16)28(14-17)24(32)27-21-15-29(23(26)31)22-9-5-4-8-20(21)22/h1-9,15,17-18H,10-14H2,(H2,26,31)(H,27,32)/t17-,18-/m1/s1. The largest absolute Gasteiger partial charge is 0.351 e. The number of nitrogens with zero attached hydrogens (tertiary/aromatic N) is 2. The predicted octanol–water partition coefficient (Wildman–Crippen LogP) is 4.10. The molecule has 4 rings (SSSR count). The number of ketones is 1. The highest BCUT2D eigenvalue weighted by Crippen LogP contribution is 2.29. The fraction of sp³-hybridized carbons (Fsp3) is 0.292. The van der Waals surface area contributed by atoms with Crippen molar-refractivity contribution in [2.75, 3.05) is 11.9 Å². The van der Waals surface area contributed by atoms with E-state index in [4.69, 9.17) is 5.73 Å². The molecule has 7 nitrogen and oxygen atoms in total. The van der Waals surface area contributed by atoms with Gasteiger partial charge in [-0.2, -0.15) is 0 Å². The number of benzene rings is 2. The van der Waals surface area contributed by atoms with Gasteiger partial charge < -0.3 is 16.0 Å². The number of halogens is 1. The zero-order valence-corrected chi connectivity index (χ0v) is 17.5. The second-order valence-electron chi connectivity index (χ2n) is 8.08. The summed E-state index contributed by atoms with van der Waals surface area (Å²) in [4.78, 5) is 38.5. The average Bonchev–Trinajstić information content (AvgIpc) is 3.34. The van der Waals surface area contributed by atoms with Gasteiger partial charge in [-0.3, -0.25) is 9.36 Å². The molecule has 8 heteroatoms. The smallest absolute Gasteiger partial charge is 0.323 e. The van der Waals surface area contributed by atoms with E-state index in [1.165, 1.54) is 15.7 Å². The molecule has 2 heterocycles. The second kappa shape index (κ2) is 9.21. The van der Waals surface area contributed by atoms with Crippen LogP contribution in [0.5, 0.6) is 0 Å². The summed E-state index contributed by atoms with van der Waals surface area (Å²) in [6, 6.07) is 15.0. The Bertz CT molecular complexity index is 1140. The van der Waals surface area contributed by atoms with Gasteiger partial charge in [0.2, 0.25) is 0 Å². The number of rotatable bonds is 6. The summed E-state index contributed by atoms with van der Waals surface area (Å²) in [6.07, 6.45) is 1.54. The maximum atomic E-state index is 14.2. The van der Waals surface area contributed by atoms with Gasteiger partial charge in [0, 0.05) is 36.9 Å². The van der Waals surface area contributed by atoms with Crippen molar-refractivity contribution in [2.45, 2.75) is 37.9 Å². The lowest BCUT2D eigenvalue weighted by molar-refractivity contribution is -0.118. The Morgan fingerprint density at radius 1 is 1.06 bits per heavy atom. The molecule has 0 unspecified atom stereocenters. The van der Waals surface area contributed by atoms with Crippen molar-refractivity contribution in [3.63, 3.8) is 0 Å². The molecular formula is C24H25FN4O3. The molecule has 1 fully saturated rings. The first-order valence-electron chi connectivity index (χ1n) is 10.6. The number of nitrogens with one attached hydrogen (secondary N) is 1. The summed E-state index contributed by atoms with van der Waals surface area (Å²) in [6.45, 7) is -0.0299. The number of fused-ring (bicyclic) bond motifs is 1. The molecule has 0 saturated carbocycles. The van der Waals surface area contributed by atoms with Crippen LogP contribution in [0.4, 0.5) is 19.7 Å². The molecular weight excluding hydrogens is 411 g/mol. The molecule has 1 aliphatic heterocycles. The van der Waals surface area contributed by atoms with Crippen LogP contribution in [0.15, 0.2) is 60.8 Å². The SMILES string of the molecule is NC(=O)n1cc(NC(=O)N2C[C@H](F)C[C@H]2CCC(=O)Cc2ccccc2)c2ccccc21. The molecule has 3 aromatic rings. The Kier molecular flexibility index (Phi) is 6.20. The number of hydrogen-bond donors (Lipinski definition) is 2. The number of primary amides is 1. The summed E-state index contributed by atoms with van der Waals surface area (Å²) in [7, 11) is 0. The number of nitrogens with two attached hydrogens (primary N) is 1. The highest BCUT2D eigenvalue weighted by Gasteiger charge is 2.35. The second-order valence-corrected chi connectivity index (χ2v) is 8.08. The number of alkyl halides is 1. The highest BCUT2D eigenvalue weighted by atomic mass is 19.1. The van der Waals surface area contributed by atoms with Gasteiger partial charge in [-0.05, 0) is 18.1 Å². The van der Waals surface area contributed by atoms with Gasteiger partial charge in [-0.25, -0.2) is 14.0 Å². The number of likely N-dealkylation sites (tertiary alicyclic amines) is 1. The molecule has 3 amide bonds. The number of urea groups is 1. The molecule has 1 aromatic heterocycles. The monoisotopic (exact) mass is 436 g/mol. The van der Waals surface area contributed by atoms with E-state index >= 15 is 0 Å². The Labute approximate surface area is 185 Å². The van der Waals surface area contributed by atoms with E-state index in [1.807, 2.05) is 30.3 Å². The number of para-hydroxylation sites is 1. The molecule has 0 spiro atoms. The Morgan fingerprint density at radius 3 is 2.53 bits per heavy atom. The molecule has 1 aliphatic rings. The maximum Gasteiger partial charge on any atom is 0.323 e. The first-order valence-corrected chi connectivity index (χ1v) is 10.6. The number of carbonyl (C=O) groups excluding carboxylic acids is 3. The van der Waals surface area contributed by atoms with Crippen molar-refractivity contribution in [1.82, 2.24) is 9.47 Å². The number of anilines is 1. The van der Waals surface area contributed by atoms with Gasteiger partial charge in [-0.1, -0.05) is 48.5 Å². The molecule has 1 saturated heterocycles. The molecule has 3 N–H and O–H groups in total. The zero-order valence-electron chi connectivity index (χ0n) is 17.5. The van der Waals surface area contributed by atoms with Crippen LogP contribution in [-0.2, 0) is 11.2 Å². The number of Topliss-reactive ketones (excluding diaryl/α,β-unsaturated/α-hetero) is 1. The lowest BCUT2D eigenvalue weighted by atomic mass is 10.0. The van der Waals surface area contributed by atoms with Crippen LogP contribution in [0.3, 0.4) is 0 Å². The molecule has 166 valence electrons. The molecule has 2 atom stereocenters. The van der Waals surface area contributed by atoms with Crippen molar-refractivity contribution < 1.29 is 18.8 Å². The van der Waals surface area contributed by atoms with Crippen LogP contribution in [0.1, 0.15) is 24.8 Å². The van der Waals surface area contributed by atoms with E-state index in [1.54, 1.807) is 24.3 Å². The maximum absolute atomic E-state index is 14.2. The molecule has 32 heavy (non-hydrogen) atoms. The van der Waals surface area contributed by atoms with Crippen LogP contribution < -0.4 is 11.1 Å². The Morgan fingerprint density at radius 2 is 1.78 bits per heavy atom. The fourth-order valence-electron chi connectivity index (χ4n) is 4.27. The number of carbonyl (C=O) groups is 3. The van der Waals surface area contributed by atoms with Crippen molar-refractivity contribution in [3.05, 3.63) is 66.4 Å². The third kappa shape index (κ3) is 4.64. The summed E-state index contributed by atoms with van der Waals surface area (Å²) in [5, 5.41) is 3.44. The fourth-order valence-corrected chi connectivity index (χ4v) is 4.27. The van der Waals surface area contributed by atoms with Crippen LogP contribution >= 0.6 is 0 Å².